The first-order valence-electron chi connectivity index (χ1n) is 5.70. The number of urea groups is 1. The molecule has 0 saturated carbocycles. The number of nitrogens with zero attached hydrogens (tertiary/aromatic N) is 1. The zero-order chi connectivity index (χ0) is 14.3. The van der Waals surface area contributed by atoms with Crippen molar-refractivity contribution in [2.24, 2.45) is 5.92 Å². The van der Waals surface area contributed by atoms with E-state index in [1.807, 2.05) is 0 Å². The highest BCUT2D eigenvalue weighted by Gasteiger charge is 2.14. The molecule has 0 aliphatic heterocycles. The number of carboxylic acid groups (broad SMARTS) is 1. The molecule has 0 radical (unpaired) electrons. The minimum absolute atomic E-state index is 0.0211. The Balaban J connectivity index is 2.36. The summed E-state index contributed by atoms with van der Waals surface area (Å²) in [4.78, 5) is 37.1. The van der Waals surface area contributed by atoms with Gasteiger partial charge in [0.2, 0.25) is 5.91 Å². The van der Waals surface area contributed by atoms with E-state index < -0.39 is 17.9 Å². The maximum Gasteiger partial charge on any atom is 0.325 e. The van der Waals surface area contributed by atoms with Crippen molar-refractivity contribution >= 4 is 23.6 Å². The molecule has 1 heterocycles. The van der Waals surface area contributed by atoms with Crippen LogP contribution in [0.15, 0.2) is 24.5 Å². The topological polar surface area (TPSA) is 108 Å². The van der Waals surface area contributed by atoms with E-state index in [2.05, 4.69) is 15.6 Å². The molecule has 0 bridgehead atoms. The van der Waals surface area contributed by atoms with Gasteiger partial charge in [-0.05, 0) is 18.1 Å². The maximum absolute atomic E-state index is 11.5. The van der Waals surface area contributed by atoms with Crippen LogP contribution in [-0.2, 0) is 9.59 Å². The molecule has 7 nitrogen and oxygen atoms in total. The first kappa shape index (κ1) is 14.6. The molecule has 0 aromatic carbocycles. The van der Waals surface area contributed by atoms with E-state index >= 15 is 0 Å². The Morgan fingerprint density at radius 2 is 2.11 bits per heavy atom. The third-order valence-electron chi connectivity index (χ3n) is 2.23. The molecule has 1 rings (SSSR count). The maximum atomic E-state index is 11.5. The Kier molecular flexibility index (Phi) is 5.46. The highest BCUT2D eigenvalue weighted by Crippen LogP contribution is 2.07. The molecule has 1 unspecified atom stereocenters. The Bertz CT molecular complexity index is 461. The molecular formula is C12H15N3O4. The second-order valence-electron chi connectivity index (χ2n) is 4.15. The van der Waals surface area contributed by atoms with Gasteiger partial charge in [0.1, 0.15) is 0 Å². The van der Waals surface area contributed by atoms with E-state index in [1.165, 1.54) is 6.20 Å². The lowest BCUT2D eigenvalue weighted by molar-refractivity contribution is -0.138. The number of carbonyl (C=O) groups is 3. The Hall–Kier alpha value is -2.44. The summed E-state index contributed by atoms with van der Waals surface area (Å²) < 4.78 is 0. The van der Waals surface area contributed by atoms with Gasteiger partial charge in [0.05, 0.1) is 11.9 Å². The minimum Gasteiger partial charge on any atom is -0.481 e. The quantitative estimate of drug-likeness (QED) is 0.742. The van der Waals surface area contributed by atoms with Crippen LogP contribution in [0.4, 0.5) is 10.5 Å². The van der Waals surface area contributed by atoms with Crippen LogP contribution in [0.3, 0.4) is 0 Å². The van der Waals surface area contributed by atoms with Crippen LogP contribution in [-0.4, -0.2) is 28.0 Å². The van der Waals surface area contributed by atoms with Crippen molar-refractivity contribution in [3.8, 4) is 0 Å². The van der Waals surface area contributed by atoms with E-state index in [0.29, 0.717) is 5.69 Å². The zero-order valence-electron chi connectivity index (χ0n) is 10.4. The number of hydrogen-bond acceptors (Lipinski definition) is 4. The van der Waals surface area contributed by atoms with Gasteiger partial charge in [-0.1, -0.05) is 6.92 Å². The molecule has 0 aliphatic carbocycles. The average molecular weight is 265 g/mol. The van der Waals surface area contributed by atoms with Crippen molar-refractivity contribution in [3.05, 3.63) is 24.5 Å². The number of amides is 3. The van der Waals surface area contributed by atoms with Gasteiger partial charge in [0.25, 0.3) is 0 Å². The molecule has 1 atom stereocenters. The molecule has 19 heavy (non-hydrogen) atoms. The summed E-state index contributed by atoms with van der Waals surface area (Å²) in [5, 5.41) is 13.1. The van der Waals surface area contributed by atoms with Crippen LogP contribution in [0.25, 0.3) is 0 Å². The van der Waals surface area contributed by atoms with Gasteiger partial charge < -0.3 is 10.4 Å². The van der Waals surface area contributed by atoms with E-state index in [1.54, 1.807) is 25.3 Å². The molecular weight excluding hydrogens is 250 g/mol. The van der Waals surface area contributed by atoms with Crippen LogP contribution in [0.2, 0.25) is 0 Å². The van der Waals surface area contributed by atoms with Gasteiger partial charge in [-0.3, -0.25) is 19.9 Å². The molecule has 3 N–H and O–H groups in total. The zero-order valence-corrected chi connectivity index (χ0v) is 10.4. The van der Waals surface area contributed by atoms with Crippen molar-refractivity contribution in [3.63, 3.8) is 0 Å². The lowest BCUT2D eigenvalue weighted by Crippen LogP contribution is -2.35. The molecule has 3 amide bonds. The number of rotatable bonds is 5. The number of aromatic nitrogens is 1. The smallest absolute Gasteiger partial charge is 0.325 e. The number of carboxylic acids is 1. The number of carbonyl (C=O) groups excluding carboxylic acids is 2. The van der Waals surface area contributed by atoms with Gasteiger partial charge in [-0.15, -0.1) is 0 Å². The number of pyridine rings is 1. The summed E-state index contributed by atoms with van der Waals surface area (Å²) in [5.74, 6) is -1.82. The van der Waals surface area contributed by atoms with Crippen LogP contribution in [0.5, 0.6) is 0 Å². The van der Waals surface area contributed by atoms with E-state index in [0.717, 1.165) is 0 Å². The first-order valence-corrected chi connectivity index (χ1v) is 5.70. The lowest BCUT2D eigenvalue weighted by Gasteiger charge is -2.09. The van der Waals surface area contributed by atoms with E-state index in [-0.39, 0.29) is 18.8 Å². The third kappa shape index (κ3) is 6.16. The molecule has 0 fully saturated rings. The van der Waals surface area contributed by atoms with E-state index in [4.69, 9.17) is 5.11 Å². The predicted molar refractivity (Wildman–Crippen MR) is 67.4 cm³/mol. The molecule has 0 aliphatic rings. The van der Waals surface area contributed by atoms with Gasteiger partial charge in [-0.2, -0.15) is 0 Å². The van der Waals surface area contributed by atoms with Crippen LogP contribution < -0.4 is 10.6 Å². The summed E-state index contributed by atoms with van der Waals surface area (Å²) in [5.41, 5.74) is 0.464. The van der Waals surface area contributed by atoms with Crippen LogP contribution >= 0.6 is 0 Å². The summed E-state index contributed by atoms with van der Waals surface area (Å²) in [6.07, 6.45) is 2.86. The number of nitrogens with one attached hydrogen (secondary N) is 2. The second kappa shape index (κ2) is 7.10. The molecule has 102 valence electrons. The fraction of sp³-hybridized carbons (Fsp3) is 0.333. The fourth-order valence-electron chi connectivity index (χ4n) is 1.46. The fourth-order valence-corrected chi connectivity index (χ4v) is 1.46. The average Bonchev–Trinajstić information content (AvgIpc) is 2.28. The summed E-state index contributed by atoms with van der Waals surface area (Å²) in [6, 6.07) is 2.61. The molecule has 0 saturated heterocycles. The first-order chi connectivity index (χ1) is 8.97. The lowest BCUT2D eigenvalue weighted by atomic mass is 10.0. The molecule has 1 aromatic rings. The highest BCUT2D eigenvalue weighted by atomic mass is 16.4. The minimum atomic E-state index is -0.972. The van der Waals surface area contributed by atoms with Crippen molar-refractivity contribution < 1.29 is 19.5 Å². The van der Waals surface area contributed by atoms with E-state index in [9.17, 15) is 14.4 Å². The van der Waals surface area contributed by atoms with Gasteiger partial charge in [0, 0.05) is 19.0 Å². The number of imide groups is 1. The molecule has 1 aromatic heterocycles. The van der Waals surface area contributed by atoms with Crippen molar-refractivity contribution in [1.82, 2.24) is 10.3 Å². The van der Waals surface area contributed by atoms with Crippen LogP contribution in [0.1, 0.15) is 19.8 Å². The number of anilines is 1. The largest absolute Gasteiger partial charge is 0.481 e. The summed E-state index contributed by atoms with van der Waals surface area (Å²) >= 11 is 0. The van der Waals surface area contributed by atoms with Crippen molar-refractivity contribution in [2.45, 2.75) is 19.8 Å². The van der Waals surface area contributed by atoms with Gasteiger partial charge in [0.15, 0.2) is 0 Å². The Labute approximate surface area is 110 Å². The predicted octanol–water partition coefficient (Wildman–Crippen LogP) is 1.23. The standard InChI is InChI=1S/C12H15N3O4/c1-8(6-11(17)18)5-10(16)15-12(19)14-9-3-2-4-13-7-9/h2-4,7-8H,5-6H2,1H3,(H,17,18)(H2,14,15,16,19). The molecule has 7 heteroatoms. The second-order valence-corrected chi connectivity index (χ2v) is 4.15. The number of hydrogen-bond donors (Lipinski definition) is 3. The van der Waals surface area contributed by atoms with Crippen molar-refractivity contribution in [1.29, 1.82) is 0 Å². The Morgan fingerprint density at radius 1 is 1.37 bits per heavy atom. The Morgan fingerprint density at radius 3 is 2.68 bits per heavy atom. The summed E-state index contributed by atoms with van der Waals surface area (Å²) in [6.45, 7) is 1.63. The third-order valence-corrected chi connectivity index (χ3v) is 2.23. The van der Waals surface area contributed by atoms with Gasteiger partial charge in [-0.25, -0.2) is 4.79 Å². The van der Waals surface area contributed by atoms with Crippen LogP contribution in [0, 0.1) is 5.92 Å². The SMILES string of the molecule is CC(CC(=O)O)CC(=O)NC(=O)Nc1cccnc1. The van der Waals surface area contributed by atoms with Crippen molar-refractivity contribution in [2.75, 3.05) is 5.32 Å². The molecule has 0 spiro atoms. The van der Waals surface area contributed by atoms with Gasteiger partial charge >= 0.3 is 12.0 Å². The monoisotopic (exact) mass is 265 g/mol. The normalized spacial score (nSPS) is 11.4. The highest BCUT2D eigenvalue weighted by molar-refractivity contribution is 6.01. The number of aliphatic carboxylic acids is 1. The summed E-state index contributed by atoms with van der Waals surface area (Å²) in [7, 11) is 0.